The maximum absolute atomic E-state index is 12.2. The van der Waals surface area contributed by atoms with Crippen LogP contribution in [-0.2, 0) is 0 Å². The molecular weight excluding hydrogens is 354 g/mol. The van der Waals surface area contributed by atoms with Gasteiger partial charge in [0.15, 0.2) is 0 Å². The van der Waals surface area contributed by atoms with E-state index in [0.717, 1.165) is 27.5 Å². The molecule has 0 unspecified atom stereocenters. The van der Waals surface area contributed by atoms with Crippen molar-refractivity contribution in [3.05, 3.63) is 89.6 Å². The van der Waals surface area contributed by atoms with E-state index in [9.17, 15) is 4.79 Å². The third kappa shape index (κ3) is 3.78. The zero-order valence-electron chi connectivity index (χ0n) is 14.7. The third-order valence-electron chi connectivity index (χ3n) is 4.26. The molecule has 4 nitrogen and oxygen atoms in total. The number of benzene rings is 2. The monoisotopic (exact) mass is 371 g/mol. The zero-order valence-corrected chi connectivity index (χ0v) is 15.5. The van der Waals surface area contributed by atoms with Gasteiger partial charge in [0, 0.05) is 40.2 Å². The van der Waals surface area contributed by atoms with E-state index in [2.05, 4.69) is 34.7 Å². The van der Waals surface area contributed by atoms with Gasteiger partial charge in [-0.2, -0.15) is 0 Å². The molecule has 4 rings (SSSR count). The number of nitrogens with one attached hydrogen (secondary N) is 1. The average Bonchev–Trinajstić information content (AvgIpc) is 3.19. The smallest absolute Gasteiger partial charge is 0.255 e. The van der Waals surface area contributed by atoms with E-state index in [0.29, 0.717) is 5.56 Å². The molecule has 0 fully saturated rings. The SMILES string of the molecule is Cc1ccccc1-c1nc(-c2ccc(NC(=O)c3ccncc3)cc2)cs1. The van der Waals surface area contributed by atoms with Gasteiger partial charge in [-0.3, -0.25) is 9.78 Å². The number of nitrogens with zero attached hydrogens (tertiary/aromatic N) is 2. The Morgan fingerprint density at radius 1 is 0.963 bits per heavy atom. The molecule has 132 valence electrons. The Hall–Kier alpha value is -3.31. The largest absolute Gasteiger partial charge is 0.322 e. The fourth-order valence-corrected chi connectivity index (χ4v) is 3.69. The summed E-state index contributed by atoms with van der Waals surface area (Å²) in [5.74, 6) is -0.152. The average molecular weight is 371 g/mol. The topological polar surface area (TPSA) is 54.9 Å². The van der Waals surface area contributed by atoms with Crippen LogP contribution in [0, 0.1) is 6.92 Å². The number of pyridine rings is 1. The highest BCUT2D eigenvalue weighted by atomic mass is 32.1. The Balaban J connectivity index is 1.51. The second-order valence-corrected chi connectivity index (χ2v) is 6.98. The summed E-state index contributed by atoms with van der Waals surface area (Å²) < 4.78 is 0. The fourth-order valence-electron chi connectivity index (χ4n) is 2.77. The van der Waals surface area contributed by atoms with Crippen molar-refractivity contribution in [2.75, 3.05) is 5.32 Å². The highest BCUT2D eigenvalue weighted by Gasteiger charge is 2.09. The minimum Gasteiger partial charge on any atom is -0.322 e. The van der Waals surface area contributed by atoms with Crippen LogP contribution in [0.15, 0.2) is 78.4 Å². The number of aryl methyl sites for hydroxylation is 1. The standard InChI is InChI=1S/C22H17N3OS/c1-15-4-2-3-5-19(15)22-25-20(14-27-22)16-6-8-18(9-7-16)24-21(26)17-10-12-23-13-11-17/h2-14H,1H3,(H,24,26). The number of rotatable bonds is 4. The van der Waals surface area contributed by atoms with Crippen molar-refractivity contribution < 1.29 is 4.79 Å². The van der Waals surface area contributed by atoms with Crippen LogP contribution < -0.4 is 5.32 Å². The molecule has 2 aromatic heterocycles. The Labute approximate surface area is 161 Å². The Kier molecular flexibility index (Phi) is 4.77. The Morgan fingerprint density at radius 3 is 2.44 bits per heavy atom. The molecule has 2 heterocycles. The van der Waals surface area contributed by atoms with Gasteiger partial charge in [-0.25, -0.2) is 4.98 Å². The van der Waals surface area contributed by atoms with Crippen molar-refractivity contribution in [2.45, 2.75) is 6.92 Å². The van der Waals surface area contributed by atoms with Crippen LogP contribution in [0.5, 0.6) is 0 Å². The summed E-state index contributed by atoms with van der Waals surface area (Å²) in [4.78, 5) is 20.9. The van der Waals surface area contributed by atoms with Gasteiger partial charge in [0.25, 0.3) is 5.91 Å². The molecule has 27 heavy (non-hydrogen) atoms. The molecule has 0 aliphatic heterocycles. The summed E-state index contributed by atoms with van der Waals surface area (Å²) in [5.41, 5.74) is 5.66. The van der Waals surface area contributed by atoms with Gasteiger partial charge in [-0.15, -0.1) is 11.3 Å². The van der Waals surface area contributed by atoms with E-state index < -0.39 is 0 Å². The highest BCUT2D eigenvalue weighted by molar-refractivity contribution is 7.13. The lowest BCUT2D eigenvalue weighted by Gasteiger charge is -2.06. The first-order chi connectivity index (χ1) is 13.2. The maximum atomic E-state index is 12.2. The van der Waals surface area contributed by atoms with Gasteiger partial charge in [0.2, 0.25) is 0 Å². The number of amides is 1. The summed E-state index contributed by atoms with van der Waals surface area (Å²) in [6.45, 7) is 2.09. The first-order valence-corrected chi connectivity index (χ1v) is 9.42. The van der Waals surface area contributed by atoms with Crippen LogP contribution >= 0.6 is 11.3 Å². The third-order valence-corrected chi connectivity index (χ3v) is 5.14. The first kappa shape index (κ1) is 17.1. The minimum atomic E-state index is -0.152. The summed E-state index contributed by atoms with van der Waals surface area (Å²) >= 11 is 1.64. The molecule has 1 N–H and O–H groups in total. The number of aromatic nitrogens is 2. The number of carbonyl (C=O) groups excluding carboxylic acids is 1. The predicted octanol–water partition coefficient (Wildman–Crippen LogP) is 5.43. The van der Waals surface area contributed by atoms with Gasteiger partial charge in [-0.1, -0.05) is 36.4 Å². The predicted molar refractivity (Wildman–Crippen MR) is 110 cm³/mol. The summed E-state index contributed by atoms with van der Waals surface area (Å²) in [5, 5.41) is 5.96. The Bertz CT molecular complexity index is 1070. The maximum Gasteiger partial charge on any atom is 0.255 e. The van der Waals surface area contributed by atoms with E-state index in [1.54, 1.807) is 35.9 Å². The number of thiazole rings is 1. The van der Waals surface area contributed by atoms with Gasteiger partial charge >= 0.3 is 0 Å². The van der Waals surface area contributed by atoms with E-state index in [1.807, 2.05) is 36.4 Å². The molecular formula is C22H17N3OS. The molecule has 0 atom stereocenters. The van der Waals surface area contributed by atoms with Crippen LogP contribution in [0.4, 0.5) is 5.69 Å². The second kappa shape index (κ2) is 7.51. The van der Waals surface area contributed by atoms with Gasteiger partial charge in [0.1, 0.15) is 5.01 Å². The number of anilines is 1. The number of carbonyl (C=O) groups is 1. The lowest BCUT2D eigenvalue weighted by Crippen LogP contribution is -2.11. The van der Waals surface area contributed by atoms with Crippen LogP contribution in [0.3, 0.4) is 0 Å². The quantitative estimate of drug-likeness (QED) is 0.520. The van der Waals surface area contributed by atoms with Gasteiger partial charge in [-0.05, 0) is 36.8 Å². The molecule has 5 heteroatoms. The normalized spacial score (nSPS) is 10.6. The van der Waals surface area contributed by atoms with E-state index >= 15 is 0 Å². The van der Waals surface area contributed by atoms with Crippen molar-refractivity contribution in [1.82, 2.24) is 9.97 Å². The molecule has 0 radical (unpaired) electrons. The molecule has 0 spiro atoms. The van der Waals surface area contributed by atoms with E-state index in [4.69, 9.17) is 4.98 Å². The molecule has 0 saturated heterocycles. The van der Waals surface area contributed by atoms with Crippen molar-refractivity contribution in [2.24, 2.45) is 0 Å². The lowest BCUT2D eigenvalue weighted by atomic mass is 10.1. The van der Waals surface area contributed by atoms with Crippen LogP contribution in [0.25, 0.3) is 21.8 Å². The molecule has 0 saturated carbocycles. The number of hydrogen-bond acceptors (Lipinski definition) is 4. The molecule has 2 aromatic carbocycles. The summed E-state index contributed by atoms with van der Waals surface area (Å²) in [6.07, 6.45) is 3.21. The van der Waals surface area contributed by atoms with Crippen molar-refractivity contribution in [1.29, 1.82) is 0 Å². The van der Waals surface area contributed by atoms with Crippen molar-refractivity contribution in [3.63, 3.8) is 0 Å². The molecule has 0 bridgehead atoms. The van der Waals surface area contributed by atoms with E-state index in [1.165, 1.54) is 5.56 Å². The summed E-state index contributed by atoms with van der Waals surface area (Å²) in [7, 11) is 0. The van der Waals surface area contributed by atoms with Crippen molar-refractivity contribution in [3.8, 4) is 21.8 Å². The highest BCUT2D eigenvalue weighted by Crippen LogP contribution is 2.31. The molecule has 1 amide bonds. The van der Waals surface area contributed by atoms with Gasteiger partial charge in [0.05, 0.1) is 5.69 Å². The first-order valence-electron chi connectivity index (χ1n) is 8.54. The number of hydrogen-bond donors (Lipinski definition) is 1. The Morgan fingerprint density at radius 2 is 1.70 bits per heavy atom. The van der Waals surface area contributed by atoms with Crippen LogP contribution in [0.2, 0.25) is 0 Å². The van der Waals surface area contributed by atoms with Crippen molar-refractivity contribution >= 4 is 22.9 Å². The van der Waals surface area contributed by atoms with E-state index in [-0.39, 0.29) is 5.91 Å². The summed E-state index contributed by atoms with van der Waals surface area (Å²) in [6, 6.07) is 19.3. The molecule has 0 aliphatic rings. The fraction of sp³-hybridized carbons (Fsp3) is 0.0455. The minimum absolute atomic E-state index is 0.152. The van der Waals surface area contributed by atoms with Gasteiger partial charge < -0.3 is 5.32 Å². The molecule has 4 aromatic rings. The second-order valence-electron chi connectivity index (χ2n) is 6.12. The zero-order chi connectivity index (χ0) is 18.6. The lowest BCUT2D eigenvalue weighted by molar-refractivity contribution is 0.102. The van der Waals surface area contributed by atoms with Crippen LogP contribution in [0.1, 0.15) is 15.9 Å². The molecule has 0 aliphatic carbocycles. The van der Waals surface area contributed by atoms with Crippen LogP contribution in [-0.4, -0.2) is 15.9 Å².